The van der Waals surface area contributed by atoms with Gasteiger partial charge in [-0.25, -0.2) is 0 Å². The average Bonchev–Trinajstić information content (AvgIpc) is 3.76. The first-order valence-corrected chi connectivity index (χ1v) is 20.0. The SMILES string of the molecule is O=S(=O)(O)C1CCCC2C3NC4NC(NC5NC(NC6NC(NC(N3)C21)C1CCCCC61)C1CCCCC51)C1CCCCC41.[Mn]. The van der Waals surface area contributed by atoms with E-state index in [1.54, 1.807) is 0 Å². The molecule has 0 aromatic heterocycles. The fraction of sp³-hybridized carbons (Fsp3) is 1.00. The van der Waals surface area contributed by atoms with Crippen LogP contribution in [0.3, 0.4) is 0 Å². The molecule has 9 aliphatic rings. The predicted molar refractivity (Wildman–Crippen MR) is 168 cm³/mol. The molecule has 5 saturated heterocycles. The van der Waals surface area contributed by atoms with Gasteiger partial charge in [-0.3, -0.25) is 47.1 Å². The molecule has 17 atom stereocenters. The monoisotopic (exact) mass is 687 g/mol. The Kier molecular flexibility index (Phi) is 9.17. The molecule has 0 spiro atoms. The summed E-state index contributed by atoms with van der Waals surface area (Å²) in [4.78, 5) is 0. The molecule has 9 fully saturated rings. The van der Waals surface area contributed by atoms with Gasteiger partial charge < -0.3 is 0 Å². The predicted octanol–water partition coefficient (Wildman–Crippen LogP) is 1.47. The third-order valence-corrected chi connectivity index (χ3v) is 15.5. The number of rotatable bonds is 1. The minimum atomic E-state index is -4.16. The van der Waals surface area contributed by atoms with Gasteiger partial charge in [-0.15, -0.1) is 0 Å². The van der Waals surface area contributed by atoms with E-state index in [2.05, 4.69) is 42.5 Å². The van der Waals surface area contributed by atoms with Crippen LogP contribution >= 0.6 is 0 Å². The van der Waals surface area contributed by atoms with Gasteiger partial charge in [-0.1, -0.05) is 44.9 Å². The summed E-state index contributed by atoms with van der Waals surface area (Å²) in [5, 5.41) is 31.8. The summed E-state index contributed by atoms with van der Waals surface area (Å²) in [5.41, 5.74) is 0. The maximum Gasteiger partial charge on any atom is 0.268 e. The molecule has 0 aromatic rings. The van der Waals surface area contributed by atoms with Gasteiger partial charge >= 0.3 is 0 Å². The summed E-state index contributed by atoms with van der Waals surface area (Å²) in [7, 11) is -4.16. The van der Waals surface area contributed by atoms with Crippen LogP contribution in [0.2, 0.25) is 0 Å². The molecule has 1 radical (unpaired) electrons. The van der Waals surface area contributed by atoms with Gasteiger partial charge in [0, 0.05) is 23.0 Å². The van der Waals surface area contributed by atoms with E-state index in [9.17, 15) is 13.0 Å². The quantitative estimate of drug-likeness (QED) is 0.146. The first kappa shape index (κ1) is 32.3. The molecule has 13 heteroatoms. The summed E-state index contributed by atoms with van der Waals surface area (Å²) in [6.45, 7) is 0. The van der Waals surface area contributed by atoms with Gasteiger partial charge in [-0.2, -0.15) is 8.42 Å². The fourth-order valence-corrected chi connectivity index (χ4v) is 13.6. The van der Waals surface area contributed by atoms with E-state index in [0.717, 1.165) is 12.8 Å². The van der Waals surface area contributed by atoms with Crippen LogP contribution in [-0.4, -0.2) is 67.5 Å². The molecule has 17 unspecified atom stereocenters. The minimum Gasteiger partial charge on any atom is -0.286 e. The molecule has 4 aliphatic carbocycles. The zero-order valence-electron chi connectivity index (χ0n) is 26.5. The van der Waals surface area contributed by atoms with Crippen LogP contribution in [0.15, 0.2) is 0 Å². The zero-order chi connectivity index (χ0) is 29.6. The average molecular weight is 688 g/mol. The Balaban J connectivity index is 0.00000300. The maximum absolute atomic E-state index is 12.8. The number of hydrogen-bond donors (Lipinski definition) is 9. The second kappa shape index (κ2) is 12.8. The number of hydrogen-bond acceptors (Lipinski definition) is 10. The zero-order valence-corrected chi connectivity index (χ0v) is 28.5. The standard InChI is InChI=1S/C32H56N8O3S.Mn/c41-44(42,43)23-15-7-14-22-24(23)32-39-30-21-13-6-5-12-20(21)28(37-30)35-26-17-9-2-1-8-16(17)25(33-26)34-27-18-10-3-4-11-19(18)29(36-27)38-31(22)40-32;/h16-40H,1-15H2,(H,41,42,43);. The second-order valence-corrected chi connectivity index (χ2v) is 17.9. The number of nitrogens with one attached hydrogen (secondary N) is 8. The molecule has 9 rings (SSSR count). The molecule has 11 nitrogen and oxygen atoms in total. The van der Waals surface area contributed by atoms with Crippen molar-refractivity contribution in [2.75, 3.05) is 0 Å². The molecular formula is C32H56MnN8O3S. The molecule has 0 amide bonds. The van der Waals surface area contributed by atoms with Crippen molar-refractivity contribution in [2.45, 2.75) is 151 Å². The van der Waals surface area contributed by atoms with E-state index in [1.807, 2.05) is 0 Å². The molecule has 0 aromatic carbocycles. The topological polar surface area (TPSA) is 151 Å². The van der Waals surface area contributed by atoms with Gasteiger partial charge in [-0.05, 0) is 92.8 Å². The van der Waals surface area contributed by atoms with Crippen molar-refractivity contribution in [3.05, 3.63) is 0 Å². The van der Waals surface area contributed by atoms with Gasteiger partial charge in [0.15, 0.2) is 0 Å². The van der Waals surface area contributed by atoms with Crippen LogP contribution < -0.4 is 42.5 Å². The van der Waals surface area contributed by atoms with Crippen LogP contribution in [0.4, 0.5) is 0 Å². The van der Waals surface area contributed by atoms with E-state index in [0.29, 0.717) is 54.3 Å². The van der Waals surface area contributed by atoms with Crippen LogP contribution in [0, 0.1) is 47.3 Å². The normalized spacial score (nSPS) is 54.3. The summed E-state index contributed by atoms with van der Waals surface area (Å²) in [6, 6.07) is 0. The van der Waals surface area contributed by atoms with Gasteiger partial charge in [0.2, 0.25) is 0 Å². The molecule has 45 heavy (non-hydrogen) atoms. The molecular weight excluding hydrogens is 631 g/mol. The van der Waals surface area contributed by atoms with Crippen molar-refractivity contribution in [3.8, 4) is 0 Å². The van der Waals surface area contributed by atoms with E-state index in [1.165, 1.54) is 77.0 Å². The number of fused-ring (bicyclic) bond motifs is 20. The summed E-state index contributed by atoms with van der Waals surface area (Å²) in [6.07, 6.45) is 18.9. The first-order valence-electron chi connectivity index (χ1n) is 18.5. The van der Waals surface area contributed by atoms with Crippen LogP contribution in [-0.2, 0) is 27.2 Å². The van der Waals surface area contributed by atoms with Crippen molar-refractivity contribution in [1.82, 2.24) is 42.5 Å². The molecule has 5 aliphatic heterocycles. The Labute approximate surface area is 280 Å². The van der Waals surface area contributed by atoms with Crippen LogP contribution in [0.1, 0.15) is 96.3 Å². The molecule has 5 heterocycles. The summed E-state index contributed by atoms with van der Waals surface area (Å²) < 4.78 is 36.1. The first-order chi connectivity index (χ1) is 21.4. The van der Waals surface area contributed by atoms with Crippen LogP contribution in [0.5, 0.6) is 0 Å². The van der Waals surface area contributed by atoms with Crippen molar-refractivity contribution < 1.29 is 30.0 Å². The van der Waals surface area contributed by atoms with E-state index in [4.69, 9.17) is 0 Å². The third-order valence-electron chi connectivity index (χ3n) is 14.2. The summed E-state index contributed by atoms with van der Waals surface area (Å²) in [5.74, 6) is 3.50. The Bertz CT molecular complexity index is 1180. The Morgan fingerprint density at radius 3 is 0.956 bits per heavy atom. The van der Waals surface area contributed by atoms with Crippen molar-refractivity contribution in [2.24, 2.45) is 47.3 Å². The second-order valence-electron chi connectivity index (χ2n) is 16.2. The Morgan fingerprint density at radius 1 is 0.378 bits per heavy atom. The van der Waals surface area contributed by atoms with Crippen molar-refractivity contribution in [3.63, 3.8) is 0 Å². The van der Waals surface area contributed by atoms with E-state index in [-0.39, 0.29) is 65.9 Å². The fourth-order valence-electron chi connectivity index (χ4n) is 12.3. The maximum atomic E-state index is 12.8. The van der Waals surface area contributed by atoms with Crippen molar-refractivity contribution >= 4 is 10.1 Å². The Hall–Kier alpha value is 0.109. The molecule has 4 saturated carbocycles. The largest absolute Gasteiger partial charge is 0.286 e. The Morgan fingerprint density at radius 2 is 0.644 bits per heavy atom. The molecule has 9 N–H and O–H groups in total. The molecule has 8 bridgehead atoms. The minimum absolute atomic E-state index is 0. The van der Waals surface area contributed by atoms with Gasteiger partial charge in [0.25, 0.3) is 10.1 Å². The molecule has 255 valence electrons. The van der Waals surface area contributed by atoms with Crippen LogP contribution in [0.25, 0.3) is 0 Å². The van der Waals surface area contributed by atoms with E-state index >= 15 is 0 Å². The van der Waals surface area contributed by atoms with Gasteiger partial charge in [0.1, 0.15) is 0 Å². The van der Waals surface area contributed by atoms with Gasteiger partial charge in [0.05, 0.1) is 54.6 Å². The summed E-state index contributed by atoms with van der Waals surface area (Å²) >= 11 is 0. The van der Waals surface area contributed by atoms with Crippen molar-refractivity contribution in [1.29, 1.82) is 0 Å². The van der Waals surface area contributed by atoms with E-state index < -0.39 is 15.4 Å². The third kappa shape index (κ3) is 5.70. The smallest absolute Gasteiger partial charge is 0.268 e.